The number of sulfonamides is 1. The smallest absolute Gasteiger partial charge is 0.251 e. The first-order valence-corrected chi connectivity index (χ1v) is 10.1. The van der Waals surface area contributed by atoms with Crippen molar-refractivity contribution in [2.45, 2.75) is 18.0 Å². The fraction of sp³-hybridized carbons (Fsp3) is 0.100. The zero-order valence-electron chi connectivity index (χ0n) is 15.3. The minimum atomic E-state index is -3.89. The van der Waals surface area contributed by atoms with Crippen molar-refractivity contribution in [3.63, 3.8) is 0 Å². The average Bonchev–Trinajstić information content (AvgIpc) is 3.23. The van der Waals surface area contributed by atoms with Crippen LogP contribution in [0.2, 0.25) is 0 Å². The average molecular weight is 410 g/mol. The van der Waals surface area contributed by atoms with Crippen molar-refractivity contribution in [1.29, 1.82) is 5.26 Å². The first-order valence-electron chi connectivity index (χ1n) is 8.57. The number of rotatable bonds is 7. The Bertz CT molecular complexity index is 1170. The van der Waals surface area contributed by atoms with Crippen LogP contribution >= 0.6 is 0 Å². The molecule has 3 rings (SSSR count). The van der Waals surface area contributed by atoms with E-state index < -0.39 is 10.0 Å². The van der Waals surface area contributed by atoms with Crippen LogP contribution in [-0.2, 0) is 23.1 Å². The quantitative estimate of drug-likeness (QED) is 0.546. The lowest BCUT2D eigenvalue weighted by atomic mass is 10.1. The van der Waals surface area contributed by atoms with Crippen LogP contribution in [0.3, 0.4) is 0 Å². The highest BCUT2D eigenvalue weighted by Crippen LogP contribution is 2.20. The summed E-state index contributed by atoms with van der Waals surface area (Å²) in [4.78, 5) is 12.2. The van der Waals surface area contributed by atoms with E-state index in [1.165, 1.54) is 18.2 Å². The second-order valence-corrected chi connectivity index (χ2v) is 7.74. The molecule has 0 saturated heterocycles. The van der Waals surface area contributed by atoms with E-state index >= 15 is 0 Å². The molecule has 4 N–H and O–H groups in total. The van der Waals surface area contributed by atoms with E-state index in [0.29, 0.717) is 23.6 Å². The number of nitrogens with two attached hydrogens (primary N) is 1. The van der Waals surface area contributed by atoms with Gasteiger partial charge in [0, 0.05) is 12.1 Å². The van der Waals surface area contributed by atoms with Crippen molar-refractivity contribution < 1.29 is 17.6 Å². The number of furan rings is 1. The second-order valence-electron chi connectivity index (χ2n) is 6.18. The zero-order chi connectivity index (χ0) is 20.9. The van der Waals surface area contributed by atoms with Gasteiger partial charge in [-0.1, -0.05) is 12.1 Å². The third kappa shape index (κ3) is 5.22. The maximum Gasteiger partial charge on any atom is 0.251 e. The number of nitriles is 1. The first-order chi connectivity index (χ1) is 13.9. The molecule has 0 aliphatic carbocycles. The minimum absolute atomic E-state index is 0.130. The lowest BCUT2D eigenvalue weighted by molar-refractivity contribution is 0.0948. The van der Waals surface area contributed by atoms with Gasteiger partial charge >= 0.3 is 0 Å². The van der Waals surface area contributed by atoms with E-state index in [4.69, 9.17) is 9.56 Å². The fourth-order valence-corrected chi connectivity index (χ4v) is 3.19. The van der Waals surface area contributed by atoms with E-state index in [2.05, 4.69) is 10.6 Å². The molecule has 3 aromatic rings. The maximum atomic E-state index is 12.3. The molecule has 0 spiro atoms. The number of carbonyl (C=O) groups excluding carboxylic acids is 1. The van der Waals surface area contributed by atoms with Gasteiger partial charge in [-0.3, -0.25) is 4.79 Å². The Balaban J connectivity index is 1.68. The van der Waals surface area contributed by atoms with Crippen LogP contribution in [0.1, 0.15) is 27.2 Å². The van der Waals surface area contributed by atoms with Gasteiger partial charge in [0.25, 0.3) is 5.91 Å². The van der Waals surface area contributed by atoms with Crippen molar-refractivity contribution in [1.82, 2.24) is 5.32 Å². The second kappa shape index (κ2) is 8.60. The predicted octanol–water partition coefficient (Wildman–Crippen LogP) is 2.34. The molecule has 9 heteroatoms. The van der Waals surface area contributed by atoms with Crippen molar-refractivity contribution in [2.24, 2.45) is 5.14 Å². The summed E-state index contributed by atoms with van der Waals surface area (Å²) in [5.41, 5.74) is 1.92. The van der Waals surface area contributed by atoms with E-state index in [9.17, 15) is 18.5 Å². The number of nitrogens with zero attached hydrogens (tertiary/aromatic N) is 1. The molecular formula is C20H18N4O4S. The molecular weight excluding hydrogens is 392 g/mol. The minimum Gasteiger partial charge on any atom is -0.467 e. The Kier molecular flexibility index (Phi) is 5.97. The lowest BCUT2D eigenvalue weighted by Crippen LogP contribution is -2.22. The third-order valence-corrected chi connectivity index (χ3v) is 5.03. The van der Waals surface area contributed by atoms with Crippen LogP contribution in [0.4, 0.5) is 5.69 Å². The van der Waals surface area contributed by atoms with E-state index in [0.717, 1.165) is 5.56 Å². The molecule has 0 radical (unpaired) electrons. The molecule has 8 nitrogen and oxygen atoms in total. The molecule has 29 heavy (non-hydrogen) atoms. The summed E-state index contributed by atoms with van der Waals surface area (Å²) in [6.45, 7) is 0.624. The number of hydrogen-bond acceptors (Lipinski definition) is 6. The molecule has 0 aliphatic rings. The summed E-state index contributed by atoms with van der Waals surface area (Å²) >= 11 is 0. The molecule has 0 fully saturated rings. The van der Waals surface area contributed by atoms with Gasteiger partial charge in [0.05, 0.1) is 29.0 Å². The number of carbonyl (C=O) groups is 1. The van der Waals surface area contributed by atoms with E-state index in [1.54, 1.807) is 36.6 Å². The number of primary sulfonamides is 1. The largest absolute Gasteiger partial charge is 0.467 e. The Morgan fingerprint density at radius 1 is 1.10 bits per heavy atom. The number of nitrogens with one attached hydrogen (secondary N) is 2. The normalized spacial score (nSPS) is 10.9. The topological polar surface area (TPSA) is 138 Å². The van der Waals surface area contributed by atoms with Crippen molar-refractivity contribution in [2.75, 3.05) is 5.32 Å². The van der Waals surface area contributed by atoms with Crippen LogP contribution in [0, 0.1) is 11.3 Å². The number of anilines is 1. The molecule has 0 unspecified atom stereocenters. The monoisotopic (exact) mass is 410 g/mol. The summed E-state index contributed by atoms with van der Waals surface area (Å²) < 4.78 is 28.0. The van der Waals surface area contributed by atoms with Gasteiger partial charge in [-0.2, -0.15) is 5.26 Å². The highest BCUT2D eigenvalue weighted by molar-refractivity contribution is 7.89. The number of amides is 1. The molecule has 0 bridgehead atoms. The number of benzene rings is 2. The Hall–Kier alpha value is -3.61. The van der Waals surface area contributed by atoms with Gasteiger partial charge in [0.15, 0.2) is 0 Å². The molecule has 0 saturated carbocycles. The van der Waals surface area contributed by atoms with Gasteiger partial charge in [0.2, 0.25) is 10.0 Å². The Morgan fingerprint density at radius 2 is 1.93 bits per heavy atom. The van der Waals surface area contributed by atoms with Gasteiger partial charge < -0.3 is 15.1 Å². The molecule has 1 aromatic heterocycles. The highest BCUT2D eigenvalue weighted by atomic mass is 32.2. The van der Waals surface area contributed by atoms with Crippen molar-refractivity contribution in [3.8, 4) is 6.07 Å². The van der Waals surface area contributed by atoms with Crippen molar-refractivity contribution in [3.05, 3.63) is 83.3 Å². The summed E-state index contributed by atoms with van der Waals surface area (Å²) in [7, 11) is -3.89. The van der Waals surface area contributed by atoms with Gasteiger partial charge in [-0.15, -0.1) is 0 Å². The van der Waals surface area contributed by atoms with Crippen LogP contribution < -0.4 is 15.8 Å². The standard InChI is InChI=1S/C20H18N4O4S/c21-11-16-10-18(29(22,26)27)6-7-19(16)23-12-14-3-1-4-15(9-14)20(25)24-13-17-5-2-8-28-17/h1-10,23H,12-13H2,(H,24,25)(H2,22,26,27). The first kappa shape index (κ1) is 20.1. The summed E-state index contributed by atoms with van der Waals surface area (Å²) in [6, 6.07) is 16.5. The third-order valence-electron chi connectivity index (χ3n) is 4.12. The zero-order valence-corrected chi connectivity index (χ0v) is 16.1. The van der Waals surface area contributed by atoms with Crippen LogP contribution in [0.15, 0.2) is 70.2 Å². The van der Waals surface area contributed by atoms with Crippen LogP contribution in [0.5, 0.6) is 0 Å². The molecule has 2 aromatic carbocycles. The SMILES string of the molecule is N#Cc1cc(S(N)(=O)=O)ccc1NCc1cccc(C(=O)NCc2ccco2)c1. The molecule has 1 amide bonds. The lowest BCUT2D eigenvalue weighted by Gasteiger charge is -2.11. The highest BCUT2D eigenvalue weighted by Gasteiger charge is 2.12. The molecule has 148 valence electrons. The predicted molar refractivity (Wildman–Crippen MR) is 106 cm³/mol. The Labute approximate surface area is 168 Å². The van der Waals surface area contributed by atoms with E-state index in [-0.39, 0.29) is 22.9 Å². The van der Waals surface area contributed by atoms with Crippen molar-refractivity contribution >= 4 is 21.6 Å². The van der Waals surface area contributed by atoms with Gasteiger partial charge in [0.1, 0.15) is 11.8 Å². The maximum absolute atomic E-state index is 12.3. The van der Waals surface area contributed by atoms with Crippen LogP contribution in [-0.4, -0.2) is 14.3 Å². The van der Waals surface area contributed by atoms with E-state index in [1.807, 2.05) is 12.1 Å². The van der Waals surface area contributed by atoms with Gasteiger partial charge in [-0.05, 0) is 48.0 Å². The van der Waals surface area contributed by atoms with Gasteiger partial charge in [-0.25, -0.2) is 13.6 Å². The summed E-state index contributed by atoms with van der Waals surface area (Å²) in [5, 5.41) is 20.2. The summed E-state index contributed by atoms with van der Waals surface area (Å²) in [5.74, 6) is 0.418. The summed E-state index contributed by atoms with van der Waals surface area (Å²) in [6.07, 6.45) is 1.54. The fourth-order valence-electron chi connectivity index (χ4n) is 2.65. The molecule has 0 atom stereocenters. The molecule has 1 heterocycles. The van der Waals surface area contributed by atoms with Crippen LogP contribution in [0.25, 0.3) is 0 Å². The Morgan fingerprint density at radius 3 is 2.62 bits per heavy atom. The molecule has 0 aliphatic heterocycles. The number of hydrogen-bond donors (Lipinski definition) is 3.